The molecule has 0 aliphatic rings. The first kappa shape index (κ1) is 15.4. The van der Waals surface area contributed by atoms with Crippen molar-refractivity contribution in [3.8, 4) is 0 Å². The summed E-state index contributed by atoms with van der Waals surface area (Å²) in [6, 6.07) is 0. The molecule has 19 heavy (non-hydrogen) atoms. The highest BCUT2D eigenvalue weighted by atomic mass is 16.5. The van der Waals surface area contributed by atoms with Crippen LogP contribution in [0.3, 0.4) is 0 Å². The van der Waals surface area contributed by atoms with Gasteiger partial charge in [-0.1, -0.05) is 12.2 Å². The smallest absolute Gasteiger partial charge is 0.330 e. The Kier molecular flexibility index (Phi) is 5.72. The summed E-state index contributed by atoms with van der Waals surface area (Å²) in [7, 11) is 3.10. The Labute approximate surface area is 112 Å². The van der Waals surface area contributed by atoms with E-state index in [-0.39, 0.29) is 11.2 Å². The Morgan fingerprint density at radius 3 is 2.74 bits per heavy atom. The summed E-state index contributed by atoms with van der Waals surface area (Å²) in [4.78, 5) is 23.3. The van der Waals surface area contributed by atoms with Gasteiger partial charge in [-0.25, -0.2) is 4.79 Å². The predicted octanol–water partition coefficient (Wildman–Crippen LogP) is -0.234. The molecule has 0 unspecified atom stereocenters. The molecule has 0 saturated heterocycles. The molecule has 0 saturated carbocycles. The van der Waals surface area contributed by atoms with Gasteiger partial charge in [0.25, 0.3) is 5.56 Å². The zero-order valence-electron chi connectivity index (χ0n) is 11.7. The van der Waals surface area contributed by atoms with Crippen LogP contribution in [0.5, 0.6) is 0 Å². The fourth-order valence-corrected chi connectivity index (χ4v) is 1.62. The summed E-state index contributed by atoms with van der Waals surface area (Å²) in [6.07, 6.45) is 1.56. The summed E-state index contributed by atoms with van der Waals surface area (Å²) in [6.45, 7) is 7.79. The van der Waals surface area contributed by atoms with Gasteiger partial charge in [0.2, 0.25) is 0 Å². The van der Waals surface area contributed by atoms with E-state index in [9.17, 15) is 9.59 Å². The fraction of sp³-hybridized carbons (Fsp3) is 0.538. The molecular weight excluding hydrogens is 246 g/mol. The van der Waals surface area contributed by atoms with Gasteiger partial charge in [-0.15, -0.1) is 0 Å². The average Bonchev–Trinajstić information content (AvgIpc) is 2.36. The van der Waals surface area contributed by atoms with Crippen LogP contribution in [0.1, 0.15) is 12.5 Å². The minimum Gasteiger partial charge on any atom is -0.376 e. The largest absolute Gasteiger partial charge is 0.376 e. The van der Waals surface area contributed by atoms with Gasteiger partial charge in [0.05, 0.1) is 13.2 Å². The van der Waals surface area contributed by atoms with E-state index in [1.165, 1.54) is 11.6 Å². The summed E-state index contributed by atoms with van der Waals surface area (Å²) >= 11 is 0. The van der Waals surface area contributed by atoms with Crippen molar-refractivity contribution in [1.29, 1.82) is 0 Å². The molecule has 0 amide bonds. The minimum absolute atomic E-state index is 0.265. The van der Waals surface area contributed by atoms with Crippen molar-refractivity contribution in [3.05, 3.63) is 44.8 Å². The highest BCUT2D eigenvalue weighted by molar-refractivity contribution is 5.05. The molecular formula is C13H21N3O3. The zero-order chi connectivity index (χ0) is 14.4. The third-order valence-electron chi connectivity index (χ3n) is 2.60. The van der Waals surface area contributed by atoms with Crippen molar-refractivity contribution in [3.63, 3.8) is 0 Å². The highest BCUT2D eigenvalue weighted by Crippen LogP contribution is 1.89. The summed E-state index contributed by atoms with van der Waals surface area (Å²) in [5.74, 6) is 0. The maximum absolute atomic E-state index is 11.8. The molecule has 0 atom stereocenters. The molecule has 1 aromatic heterocycles. The van der Waals surface area contributed by atoms with Crippen molar-refractivity contribution in [1.82, 2.24) is 14.5 Å². The first-order valence-electron chi connectivity index (χ1n) is 6.12. The molecule has 1 aromatic rings. The van der Waals surface area contributed by atoms with Crippen molar-refractivity contribution in [2.45, 2.75) is 13.5 Å². The molecule has 0 bridgehead atoms. The summed E-state index contributed by atoms with van der Waals surface area (Å²) in [5.41, 5.74) is 0.952. The van der Waals surface area contributed by atoms with Crippen LogP contribution in [0.25, 0.3) is 0 Å². The number of ether oxygens (including phenoxy) is 1. The van der Waals surface area contributed by atoms with Gasteiger partial charge < -0.3 is 14.6 Å². The van der Waals surface area contributed by atoms with Crippen LogP contribution in [-0.2, 0) is 25.4 Å². The van der Waals surface area contributed by atoms with Crippen molar-refractivity contribution < 1.29 is 4.74 Å². The molecule has 0 aliphatic carbocycles. The quantitative estimate of drug-likeness (QED) is 0.547. The van der Waals surface area contributed by atoms with Gasteiger partial charge in [-0.3, -0.25) is 9.36 Å². The SMILES string of the molecule is C=C(C)COCCNCc1cn(C)c(=O)n(C)c1=O. The Bertz CT molecular complexity index is 557. The lowest BCUT2D eigenvalue weighted by Crippen LogP contribution is -2.39. The Morgan fingerprint density at radius 1 is 1.42 bits per heavy atom. The lowest BCUT2D eigenvalue weighted by molar-refractivity contribution is 0.157. The predicted molar refractivity (Wildman–Crippen MR) is 74.3 cm³/mol. The summed E-state index contributed by atoms with van der Waals surface area (Å²) in [5, 5.41) is 3.11. The lowest BCUT2D eigenvalue weighted by Gasteiger charge is -2.08. The van der Waals surface area contributed by atoms with E-state index in [2.05, 4.69) is 11.9 Å². The van der Waals surface area contributed by atoms with Crippen LogP contribution >= 0.6 is 0 Å². The minimum atomic E-state index is -0.321. The third-order valence-corrected chi connectivity index (χ3v) is 2.60. The Balaban J connectivity index is 2.49. The van der Waals surface area contributed by atoms with Crippen molar-refractivity contribution >= 4 is 0 Å². The second kappa shape index (κ2) is 7.06. The molecule has 106 valence electrons. The third kappa shape index (κ3) is 4.50. The number of nitrogens with one attached hydrogen (secondary N) is 1. The van der Waals surface area contributed by atoms with Crippen LogP contribution in [-0.4, -0.2) is 28.9 Å². The van der Waals surface area contributed by atoms with Gasteiger partial charge >= 0.3 is 5.69 Å². The zero-order valence-corrected chi connectivity index (χ0v) is 11.7. The van der Waals surface area contributed by atoms with Crippen molar-refractivity contribution in [2.24, 2.45) is 14.1 Å². The number of aryl methyl sites for hydroxylation is 1. The van der Waals surface area contributed by atoms with Gasteiger partial charge in [-0.2, -0.15) is 0 Å². The second-order valence-corrected chi connectivity index (χ2v) is 4.60. The van der Waals surface area contributed by atoms with E-state index in [1.54, 1.807) is 13.2 Å². The molecule has 1 N–H and O–H groups in total. The highest BCUT2D eigenvalue weighted by Gasteiger charge is 2.05. The molecule has 6 nitrogen and oxygen atoms in total. The Hall–Kier alpha value is -1.66. The van der Waals surface area contributed by atoms with E-state index in [4.69, 9.17) is 4.74 Å². The topological polar surface area (TPSA) is 65.3 Å². The van der Waals surface area contributed by atoms with Crippen LogP contribution in [0.15, 0.2) is 27.9 Å². The number of hydrogen-bond donors (Lipinski definition) is 1. The van der Waals surface area contributed by atoms with E-state index in [1.807, 2.05) is 6.92 Å². The summed E-state index contributed by atoms with van der Waals surface area (Å²) < 4.78 is 7.83. The van der Waals surface area contributed by atoms with Crippen LogP contribution in [0, 0.1) is 0 Å². The molecule has 0 fully saturated rings. The molecule has 0 aliphatic heterocycles. The second-order valence-electron chi connectivity index (χ2n) is 4.60. The first-order chi connectivity index (χ1) is 8.93. The number of nitrogens with zero attached hydrogens (tertiary/aromatic N) is 2. The lowest BCUT2D eigenvalue weighted by atomic mass is 10.3. The molecule has 0 spiro atoms. The van der Waals surface area contributed by atoms with Gasteiger partial charge in [-0.05, 0) is 6.92 Å². The van der Waals surface area contributed by atoms with Crippen molar-refractivity contribution in [2.75, 3.05) is 19.8 Å². The van der Waals surface area contributed by atoms with E-state index in [0.29, 0.717) is 31.9 Å². The fourth-order valence-electron chi connectivity index (χ4n) is 1.62. The maximum Gasteiger partial charge on any atom is 0.330 e. The monoisotopic (exact) mass is 267 g/mol. The van der Waals surface area contributed by atoms with E-state index in [0.717, 1.165) is 10.1 Å². The van der Waals surface area contributed by atoms with Gasteiger partial charge in [0.15, 0.2) is 0 Å². The number of hydrogen-bond acceptors (Lipinski definition) is 4. The van der Waals surface area contributed by atoms with Crippen LogP contribution < -0.4 is 16.6 Å². The van der Waals surface area contributed by atoms with Crippen LogP contribution in [0.2, 0.25) is 0 Å². The van der Waals surface area contributed by atoms with E-state index >= 15 is 0 Å². The average molecular weight is 267 g/mol. The van der Waals surface area contributed by atoms with Gasteiger partial charge in [0.1, 0.15) is 0 Å². The first-order valence-corrected chi connectivity index (χ1v) is 6.12. The number of aromatic nitrogens is 2. The molecule has 1 rings (SSSR count). The normalized spacial score (nSPS) is 10.7. The molecule has 1 heterocycles. The maximum atomic E-state index is 11.8. The van der Waals surface area contributed by atoms with E-state index < -0.39 is 0 Å². The molecule has 0 radical (unpaired) electrons. The molecule has 6 heteroatoms. The van der Waals surface area contributed by atoms with Crippen LogP contribution in [0.4, 0.5) is 0 Å². The standard InChI is InChI=1S/C13H21N3O3/c1-10(2)9-19-6-5-14-7-11-8-15(3)13(18)16(4)12(11)17/h8,14H,1,5-7,9H2,2-4H3. The molecule has 0 aromatic carbocycles. The Morgan fingerprint density at radius 2 is 2.11 bits per heavy atom. The number of rotatable bonds is 7. The van der Waals surface area contributed by atoms with Gasteiger partial charge in [0, 0.05) is 38.9 Å².